The number of amides is 1. The minimum absolute atomic E-state index is 0.134. The zero-order valence-electron chi connectivity index (χ0n) is 21.1. The van der Waals surface area contributed by atoms with E-state index in [1.807, 2.05) is 36.4 Å². The lowest BCUT2D eigenvalue weighted by Gasteiger charge is -2.33. The van der Waals surface area contributed by atoms with Crippen LogP contribution in [0.2, 0.25) is 0 Å². The van der Waals surface area contributed by atoms with Gasteiger partial charge in [-0.1, -0.05) is 30.3 Å². The summed E-state index contributed by atoms with van der Waals surface area (Å²) < 4.78 is 16.2. The number of carbonyl (C=O) groups excluding carboxylic acids is 1. The number of anilines is 3. The molecule has 0 aliphatic carbocycles. The van der Waals surface area contributed by atoms with Crippen LogP contribution in [0.1, 0.15) is 24.4 Å². The summed E-state index contributed by atoms with van der Waals surface area (Å²) in [6, 6.07) is 16.1. The molecule has 1 aromatic heterocycles. The highest BCUT2D eigenvalue weighted by atomic mass is 16.5. The standard InChI is InChI=1S/C27H30N6O4/c1-35-22-14-20(15-23(36-2)25(22)37-3)30-27-29-12-11-24(32-27)33-13-7-10-19(17-33)26(34)31-21(16-28)18-8-5-4-6-9-18/h4-6,8-9,11-12,14-15,19,21H,7,10,13,17H2,1-3H3,(H,31,34)(H,29,30,32)/t19-,21?/m0/s1. The maximum absolute atomic E-state index is 13.0. The predicted octanol–water partition coefficient (Wildman–Crippen LogP) is 3.84. The van der Waals surface area contributed by atoms with Crippen molar-refractivity contribution in [3.05, 3.63) is 60.3 Å². The first-order valence-electron chi connectivity index (χ1n) is 12.0. The summed E-state index contributed by atoms with van der Waals surface area (Å²) in [5, 5.41) is 15.7. The van der Waals surface area contributed by atoms with E-state index < -0.39 is 6.04 Å². The van der Waals surface area contributed by atoms with Gasteiger partial charge in [-0.25, -0.2) is 4.98 Å². The maximum atomic E-state index is 13.0. The largest absolute Gasteiger partial charge is 0.493 e. The highest BCUT2D eigenvalue weighted by Crippen LogP contribution is 2.40. The van der Waals surface area contributed by atoms with Crippen LogP contribution in [0.5, 0.6) is 17.2 Å². The molecule has 1 aliphatic rings. The second-order valence-corrected chi connectivity index (χ2v) is 8.54. The normalized spacial score (nSPS) is 15.7. The highest BCUT2D eigenvalue weighted by molar-refractivity contribution is 5.80. The Bertz CT molecular complexity index is 1240. The lowest BCUT2D eigenvalue weighted by molar-refractivity contribution is -0.125. The topological polar surface area (TPSA) is 122 Å². The third-order valence-corrected chi connectivity index (χ3v) is 6.23. The van der Waals surface area contributed by atoms with Crippen LogP contribution in [0, 0.1) is 17.2 Å². The molecule has 10 heteroatoms. The second kappa shape index (κ2) is 11.9. The SMILES string of the molecule is COc1cc(Nc2nccc(N3CCC[C@H](C(=O)NC(C#N)c4ccccc4)C3)n2)cc(OC)c1OC. The van der Waals surface area contributed by atoms with Gasteiger partial charge in [-0.2, -0.15) is 10.2 Å². The molecule has 37 heavy (non-hydrogen) atoms. The van der Waals surface area contributed by atoms with Crippen molar-refractivity contribution >= 4 is 23.4 Å². The van der Waals surface area contributed by atoms with Crippen LogP contribution < -0.4 is 29.7 Å². The molecule has 1 fully saturated rings. The molecule has 2 N–H and O–H groups in total. The Morgan fingerprint density at radius 1 is 1.11 bits per heavy atom. The molecule has 0 saturated carbocycles. The molecule has 1 aliphatic heterocycles. The summed E-state index contributed by atoms with van der Waals surface area (Å²) >= 11 is 0. The van der Waals surface area contributed by atoms with Gasteiger partial charge in [0.2, 0.25) is 17.6 Å². The fourth-order valence-electron chi connectivity index (χ4n) is 4.36. The van der Waals surface area contributed by atoms with E-state index in [0.717, 1.165) is 24.9 Å². The molecule has 0 radical (unpaired) electrons. The zero-order chi connectivity index (χ0) is 26.2. The number of ether oxygens (including phenoxy) is 3. The lowest BCUT2D eigenvalue weighted by Crippen LogP contribution is -2.44. The van der Waals surface area contributed by atoms with E-state index in [-0.39, 0.29) is 11.8 Å². The second-order valence-electron chi connectivity index (χ2n) is 8.54. The number of rotatable bonds is 9. The Kier molecular flexibility index (Phi) is 8.26. The summed E-state index contributed by atoms with van der Waals surface area (Å²) in [5.41, 5.74) is 1.44. The summed E-state index contributed by atoms with van der Waals surface area (Å²) in [6.45, 7) is 1.27. The average Bonchev–Trinajstić information content (AvgIpc) is 2.95. The molecule has 1 amide bonds. The minimum Gasteiger partial charge on any atom is -0.493 e. The number of benzene rings is 2. The van der Waals surface area contributed by atoms with E-state index in [1.165, 1.54) is 0 Å². The highest BCUT2D eigenvalue weighted by Gasteiger charge is 2.28. The third kappa shape index (κ3) is 6.01. The van der Waals surface area contributed by atoms with E-state index in [2.05, 4.69) is 31.6 Å². The smallest absolute Gasteiger partial charge is 0.229 e. The number of piperidine rings is 1. The number of nitrogens with one attached hydrogen (secondary N) is 2. The number of hydrogen-bond acceptors (Lipinski definition) is 9. The first-order chi connectivity index (χ1) is 18.1. The van der Waals surface area contributed by atoms with Crippen LogP contribution in [-0.2, 0) is 4.79 Å². The molecule has 2 aromatic carbocycles. The quantitative estimate of drug-likeness (QED) is 0.449. The van der Waals surface area contributed by atoms with E-state index >= 15 is 0 Å². The Hall–Kier alpha value is -4.52. The van der Waals surface area contributed by atoms with Crippen molar-refractivity contribution in [3.63, 3.8) is 0 Å². The van der Waals surface area contributed by atoms with Crippen LogP contribution in [0.4, 0.5) is 17.5 Å². The molecular weight excluding hydrogens is 472 g/mol. The number of methoxy groups -OCH3 is 3. The fourth-order valence-corrected chi connectivity index (χ4v) is 4.36. The molecule has 10 nitrogen and oxygen atoms in total. The van der Waals surface area contributed by atoms with Crippen LogP contribution >= 0.6 is 0 Å². The molecule has 1 saturated heterocycles. The van der Waals surface area contributed by atoms with Gasteiger partial charge in [0.15, 0.2) is 11.5 Å². The Balaban J connectivity index is 1.46. The maximum Gasteiger partial charge on any atom is 0.229 e. The van der Waals surface area contributed by atoms with Gasteiger partial charge in [-0.3, -0.25) is 4.79 Å². The third-order valence-electron chi connectivity index (χ3n) is 6.23. The van der Waals surface area contributed by atoms with E-state index in [0.29, 0.717) is 41.2 Å². The number of nitrogens with zero attached hydrogens (tertiary/aromatic N) is 4. The summed E-state index contributed by atoms with van der Waals surface area (Å²) in [4.78, 5) is 24.1. The monoisotopic (exact) mass is 502 g/mol. The van der Waals surface area contributed by atoms with Gasteiger partial charge in [0.25, 0.3) is 0 Å². The van der Waals surface area contributed by atoms with Crippen molar-refractivity contribution in [3.8, 4) is 23.3 Å². The fraction of sp³-hybridized carbons (Fsp3) is 0.333. The van der Waals surface area contributed by atoms with Crippen LogP contribution in [0.25, 0.3) is 0 Å². The van der Waals surface area contributed by atoms with Crippen LogP contribution in [0.15, 0.2) is 54.7 Å². The van der Waals surface area contributed by atoms with Crippen molar-refractivity contribution in [2.75, 3.05) is 44.6 Å². The summed E-state index contributed by atoms with van der Waals surface area (Å²) in [6.07, 6.45) is 3.25. The zero-order valence-corrected chi connectivity index (χ0v) is 21.1. The summed E-state index contributed by atoms with van der Waals surface area (Å²) in [7, 11) is 4.66. The molecule has 1 unspecified atom stereocenters. The molecule has 0 spiro atoms. The Labute approximate surface area is 216 Å². The van der Waals surface area contributed by atoms with Crippen molar-refractivity contribution in [1.82, 2.24) is 15.3 Å². The molecule has 2 atom stereocenters. The molecular formula is C27H30N6O4. The number of aromatic nitrogens is 2. The molecule has 4 rings (SSSR count). The van der Waals surface area contributed by atoms with Crippen molar-refractivity contribution in [2.45, 2.75) is 18.9 Å². The molecule has 192 valence electrons. The van der Waals surface area contributed by atoms with Gasteiger partial charge in [0.05, 0.1) is 33.3 Å². The van der Waals surface area contributed by atoms with Crippen LogP contribution in [0.3, 0.4) is 0 Å². The molecule has 3 aromatic rings. The van der Waals surface area contributed by atoms with E-state index in [1.54, 1.807) is 39.7 Å². The number of carbonyl (C=O) groups is 1. The van der Waals surface area contributed by atoms with Gasteiger partial charge in [0.1, 0.15) is 11.9 Å². The number of hydrogen-bond donors (Lipinski definition) is 2. The van der Waals surface area contributed by atoms with Crippen molar-refractivity contribution in [2.24, 2.45) is 5.92 Å². The molecule has 0 bridgehead atoms. The van der Waals surface area contributed by atoms with Gasteiger partial charge < -0.3 is 29.7 Å². The number of nitriles is 1. The lowest BCUT2D eigenvalue weighted by atomic mass is 9.96. The first kappa shape index (κ1) is 25.6. The Morgan fingerprint density at radius 2 is 1.84 bits per heavy atom. The minimum atomic E-state index is -0.683. The Morgan fingerprint density at radius 3 is 2.49 bits per heavy atom. The van der Waals surface area contributed by atoms with E-state index in [4.69, 9.17) is 14.2 Å². The predicted molar refractivity (Wildman–Crippen MR) is 139 cm³/mol. The van der Waals surface area contributed by atoms with Gasteiger partial charge >= 0.3 is 0 Å². The summed E-state index contributed by atoms with van der Waals surface area (Å²) in [5.74, 6) is 2.23. The molecule has 2 heterocycles. The van der Waals surface area contributed by atoms with Gasteiger partial charge in [0, 0.05) is 37.1 Å². The van der Waals surface area contributed by atoms with Gasteiger partial charge in [-0.15, -0.1) is 0 Å². The van der Waals surface area contributed by atoms with Gasteiger partial charge in [-0.05, 0) is 24.5 Å². The van der Waals surface area contributed by atoms with E-state index in [9.17, 15) is 10.1 Å². The average molecular weight is 503 g/mol. The first-order valence-corrected chi connectivity index (χ1v) is 12.0. The van der Waals surface area contributed by atoms with Crippen LogP contribution in [-0.4, -0.2) is 50.3 Å². The van der Waals surface area contributed by atoms with Crippen molar-refractivity contribution < 1.29 is 19.0 Å². The van der Waals surface area contributed by atoms with Crippen molar-refractivity contribution in [1.29, 1.82) is 5.26 Å².